The Morgan fingerprint density at radius 1 is 0.821 bits per heavy atom. The molecular formula is C18H30O8P2. The van der Waals surface area contributed by atoms with E-state index in [2.05, 4.69) is 0 Å². The molecule has 1 rings (SSSR count). The number of esters is 3. The second-order valence-corrected chi connectivity index (χ2v) is 14.3. The molecule has 0 fully saturated rings. The van der Waals surface area contributed by atoms with Crippen LogP contribution in [0.5, 0.6) is 0 Å². The first-order valence-corrected chi connectivity index (χ1v) is 11.2. The molecule has 2 atom stereocenters. The van der Waals surface area contributed by atoms with Crippen LogP contribution in [0.1, 0.15) is 41.5 Å². The van der Waals surface area contributed by atoms with E-state index in [1.807, 2.05) is 41.5 Å². The van der Waals surface area contributed by atoms with E-state index < -0.39 is 49.2 Å². The highest BCUT2D eigenvalue weighted by atomic mass is 31.2. The number of carbonyl (C=O) groups excluding carboxylic acids is 3. The van der Waals surface area contributed by atoms with E-state index in [0.717, 1.165) is 0 Å². The molecule has 28 heavy (non-hydrogen) atoms. The Labute approximate surface area is 168 Å². The van der Waals surface area contributed by atoms with E-state index in [1.54, 1.807) is 0 Å². The van der Waals surface area contributed by atoms with Gasteiger partial charge in [0, 0.05) is 5.16 Å². The zero-order valence-corrected chi connectivity index (χ0v) is 19.9. The summed E-state index contributed by atoms with van der Waals surface area (Å²) >= 11 is 0. The predicted molar refractivity (Wildman–Crippen MR) is 107 cm³/mol. The van der Waals surface area contributed by atoms with E-state index in [-0.39, 0.29) is 11.3 Å². The highest BCUT2D eigenvalue weighted by Gasteiger charge is 2.71. The van der Waals surface area contributed by atoms with E-state index in [9.17, 15) is 14.4 Å². The second-order valence-electron chi connectivity index (χ2n) is 8.05. The zero-order chi connectivity index (χ0) is 22.1. The van der Waals surface area contributed by atoms with Gasteiger partial charge in [0.25, 0.3) is 5.95 Å². The topological polar surface area (TPSA) is 97.4 Å². The molecule has 160 valence electrons. The average molecular weight is 436 g/mol. The fourth-order valence-corrected chi connectivity index (χ4v) is 11.5. The van der Waals surface area contributed by atoms with Crippen LogP contribution < -0.4 is 0 Å². The predicted octanol–water partition coefficient (Wildman–Crippen LogP) is 3.52. The van der Waals surface area contributed by atoms with E-state index >= 15 is 0 Å². The Morgan fingerprint density at radius 2 is 1.29 bits per heavy atom. The molecule has 0 bridgehead atoms. The summed E-state index contributed by atoms with van der Waals surface area (Å²) in [7, 11) is 1.25. The summed E-state index contributed by atoms with van der Waals surface area (Å²) in [4.78, 5) is 37.5. The average Bonchev–Trinajstić information content (AvgIpc) is 2.62. The van der Waals surface area contributed by atoms with Gasteiger partial charge in [-0.2, -0.15) is 0 Å². The van der Waals surface area contributed by atoms with Crippen molar-refractivity contribution in [2.45, 2.75) is 56.8 Å². The highest BCUT2D eigenvalue weighted by molar-refractivity contribution is 7.83. The lowest BCUT2D eigenvalue weighted by molar-refractivity contribution is -0.152. The molecule has 8 nitrogen and oxygen atoms in total. The van der Waals surface area contributed by atoms with Gasteiger partial charge in [-0.15, -0.1) is 0 Å². The molecule has 0 N–H and O–H groups in total. The lowest BCUT2D eigenvalue weighted by atomic mass is 10.2. The Bertz CT molecular complexity index is 656. The third kappa shape index (κ3) is 3.99. The molecule has 0 aromatic heterocycles. The third-order valence-electron chi connectivity index (χ3n) is 3.99. The maximum absolute atomic E-state index is 13.3. The maximum Gasteiger partial charge on any atom is 0.345 e. The van der Waals surface area contributed by atoms with Gasteiger partial charge in [0.15, 0.2) is 0 Å². The van der Waals surface area contributed by atoms with E-state index in [1.165, 1.54) is 28.4 Å². The Kier molecular flexibility index (Phi) is 7.52. The first-order valence-electron chi connectivity index (χ1n) is 8.57. The molecule has 2 unspecified atom stereocenters. The van der Waals surface area contributed by atoms with Crippen LogP contribution in [0.2, 0.25) is 0 Å². The Morgan fingerprint density at radius 3 is 1.57 bits per heavy atom. The van der Waals surface area contributed by atoms with Gasteiger partial charge in [-0.05, 0) is 13.1 Å². The van der Waals surface area contributed by atoms with Gasteiger partial charge in [-0.25, -0.2) is 14.4 Å². The van der Waals surface area contributed by atoms with Crippen LogP contribution in [0.3, 0.4) is 0 Å². The van der Waals surface area contributed by atoms with E-state index in [4.69, 9.17) is 23.5 Å². The lowest BCUT2D eigenvalue weighted by Crippen LogP contribution is -2.53. The standard InChI is InChI=1S/C18H30O8P2/c1-16(2,3)27-11(12(19)22-7)13(23-8)26-28(17(4,5)6)18(27,14(20)24-9)15(21)25-10/h1-10H3. The summed E-state index contributed by atoms with van der Waals surface area (Å²) in [5, 5.41) is -1.30. The number of hydrogen-bond donors (Lipinski definition) is 0. The molecule has 0 amide bonds. The quantitative estimate of drug-likeness (QED) is 0.286. The van der Waals surface area contributed by atoms with Crippen molar-refractivity contribution in [3.05, 3.63) is 11.3 Å². The van der Waals surface area contributed by atoms with Crippen LogP contribution in [0, 0.1) is 0 Å². The highest BCUT2D eigenvalue weighted by Crippen LogP contribution is 2.82. The summed E-state index contributed by atoms with van der Waals surface area (Å²) in [6.45, 7) is 11.1. The number of ether oxygens (including phenoxy) is 4. The van der Waals surface area contributed by atoms with Gasteiger partial charge in [0.2, 0.25) is 4.90 Å². The Balaban J connectivity index is 4.16. The molecule has 0 saturated carbocycles. The van der Waals surface area contributed by atoms with Crippen molar-refractivity contribution in [3.8, 4) is 0 Å². The SMILES string of the molecule is COC(=O)C1=C(OC)OP(C(C)(C)C)C(C(=O)OC)(C(=O)OC)P1C(C)(C)C. The normalized spacial score (nSPS) is 22.1. The number of carbonyl (C=O) groups is 3. The zero-order valence-electron chi connectivity index (χ0n) is 18.2. The van der Waals surface area contributed by atoms with Gasteiger partial charge in [-0.3, -0.25) is 0 Å². The van der Waals surface area contributed by atoms with Crippen molar-refractivity contribution in [2.75, 3.05) is 28.4 Å². The van der Waals surface area contributed by atoms with Crippen LogP contribution >= 0.6 is 16.1 Å². The number of rotatable bonds is 4. The van der Waals surface area contributed by atoms with E-state index in [0.29, 0.717) is 0 Å². The largest absolute Gasteiger partial charge is 0.468 e. The van der Waals surface area contributed by atoms with Crippen LogP contribution in [-0.4, -0.2) is 61.6 Å². The molecular weight excluding hydrogens is 406 g/mol. The van der Waals surface area contributed by atoms with Crippen molar-refractivity contribution in [1.29, 1.82) is 0 Å². The summed E-state index contributed by atoms with van der Waals surface area (Å²) in [6.07, 6.45) is 0. The minimum atomic E-state index is -1.87. The first kappa shape index (κ1) is 24.6. The molecule has 0 saturated heterocycles. The smallest absolute Gasteiger partial charge is 0.345 e. The van der Waals surface area contributed by atoms with Gasteiger partial charge < -0.3 is 23.5 Å². The first-order chi connectivity index (χ1) is 12.7. The molecule has 1 heterocycles. The van der Waals surface area contributed by atoms with Crippen LogP contribution in [0.25, 0.3) is 0 Å². The molecule has 1 aliphatic heterocycles. The molecule has 0 spiro atoms. The number of hydrogen-bond acceptors (Lipinski definition) is 8. The summed E-state index contributed by atoms with van der Waals surface area (Å²) in [5.74, 6) is -2.34. The monoisotopic (exact) mass is 436 g/mol. The molecule has 0 aromatic carbocycles. The fraction of sp³-hybridized carbons (Fsp3) is 0.722. The number of methoxy groups -OCH3 is 4. The molecule has 1 aliphatic rings. The third-order valence-corrected chi connectivity index (χ3v) is 10.8. The van der Waals surface area contributed by atoms with Crippen molar-refractivity contribution < 1.29 is 37.9 Å². The Hall–Kier alpha value is -1.39. The van der Waals surface area contributed by atoms with Gasteiger partial charge >= 0.3 is 17.9 Å². The van der Waals surface area contributed by atoms with Crippen LogP contribution in [0.15, 0.2) is 11.3 Å². The van der Waals surface area contributed by atoms with Crippen molar-refractivity contribution in [3.63, 3.8) is 0 Å². The lowest BCUT2D eigenvalue weighted by Gasteiger charge is -2.52. The summed E-state index contributed by atoms with van der Waals surface area (Å²) < 4.78 is 26.6. The van der Waals surface area contributed by atoms with Crippen molar-refractivity contribution >= 4 is 34.0 Å². The fourth-order valence-electron chi connectivity index (χ4n) is 3.10. The van der Waals surface area contributed by atoms with Gasteiger partial charge in [-0.1, -0.05) is 41.5 Å². The summed E-state index contributed by atoms with van der Waals surface area (Å²) in [6, 6.07) is 0. The second kappa shape index (κ2) is 8.54. The molecule has 0 radical (unpaired) electrons. The maximum atomic E-state index is 13.3. The minimum Gasteiger partial charge on any atom is -0.468 e. The molecule has 10 heteroatoms. The summed E-state index contributed by atoms with van der Waals surface area (Å²) in [5.41, 5.74) is 0. The van der Waals surface area contributed by atoms with Crippen molar-refractivity contribution in [1.82, 2.24) is 0 Å². The van der Waals surface area contributed by atoms with Crippen molar-refractivity contribution in [2.24, 2.45) is 0 Å². The van der Waals surface area contributed by atoms with Crippen LogP contribution in [-0.2, 0) is 37.9 Å². The van der Waals surface area contributed by atoms with Crippen LogP contribution in [0.4, 0.5) is 0 Å². The van der Waals surface area contributed by atoms with Gasteiger partial charge in [0.1, 0.15) is 13.5 Å². The minimum absolute atomic E-state index is 0.0302. The molecule has 0 aliphatic carbocycles. The van der Waals surface area contributed by atoms with Gasteiger partial charge in [0.05, 0.1) is 28.4 Å². The molecule has 0 aromatic rings.